The molecule has 1 heterocycles. The Bertz CT molecular complexity index is 93.3. The molecule has 2 heteroatoms. The van der Waals surface area contributed by atoms with Crippen LogP contribution >= 0.6 is 0 Å². The fraction of sp³-hybridized carbons (Fsp3) is 1.00. The molecule has 0 saturated carbocycles. The van der Waals surface area contributed by atoms with E-state index < -0.39 is 0 Å². The van der Waals surface area contributed by atoms with Crippen molar-refractivity contribution in [2.24, 2.45) is 0 Å². The molecule has 60 valence electrons. The van der Waals surface area contributed by atoms with Crippen molar-refractivity contribution in [3.05, 3.63) is 0 Å². The first-order chi connectivity index (χ1) is 4.88. The monoisotopic (exact) mass is 143 g/mol. The second-order valence-corrected chi connectivity index (χ2v) is 3.01. The first-order valence-corrected chi connectivity index (χ1v) is 4.23. The molecule has 0 aromatic rings. The number of rotatable bonds is 4. The molecule has 0 radical (unpaired) electrons. The Labute approximate surface area is 62.8 Å². The summed E-state index contributed by atoms with van der Waals surface area (Å²) < 4.78 is 0. The van der Waals surface area contributed by atoms with E-state index >= 15 is 0 Å². The Balaban J connectivity index is 2.05. The van der Waals surface area contributed by atoms with Crippen LogP contribution in [-0.4, -0.2) is 35.7 Å². The predicted molar refractivity (Wildman–Crippen MR) is 42.0 cm³/mol. The van der Waals surface area contributed by atoms with Crippen molar-refractivity contribution >= 4 is 0 Å². The van der Waals surface area contributed by atoms with E-state index in [-0.39, 0.29) is 0 Å². The predicted octanol–water partition coefficient (Wildman–Crippen LogP) is 0.853. The molecule has 0 amide bonds. The molecule has 1 saturated heterocycles. The Hall–Kier alpha value is -0.0800. The number of likely N-dealkylation sites (tertiary alicyclic amines) is 1. The van der Waals surface area contributed by atoms with Crippen LogP contribution < -0.4 is 0 Å². The molecule has 2 nitrogen and oxygen atoms in total. The van der Waals surface area contributed by atoms with Gasteiger partial charge >= 0.3 is 0 Å². The lowest BCUT2D eigenvalue weighted by atomic mass is 10.0. The summed E-state index contributed by atoms with van der Waals surface area (Å²) in [4.78, 5) is 2.36. The van der Waals surface area contributed by atoms with E-state index in [9.17, 15) is 0 Å². The lowest BCUT2D eigenvalue weighted by molar-refractivity contribution is 0.0415. The summed E-state index contributed by atoms with van der Waals surface area (Å²) in [6.07, 6.45) is 3.73. The molecule has 10 heavy (non-hydrogen) atoms. The molecule has 0 aromatic carbocycles. The average molecular weight is 143 g/mol. The van der Waals surface area contributed by atoms with E-state index in [0.29, 0.717) is 12.6 Å². The van der Waals surface area contributed by atoms with Crippen molar-refractivity contribution in [1.29, 1.82) is 0 Å². The summed E-state index contributed by atoms with van der Waals surface area (Å²) in [7, 11) is 0. The van der Waals surface area contributed by atoms with E-state index in [2.05, 4.69) is 11.8 Å². The van der Waals surface area contributed by atoms with Gasteiger partial charge in [-0.2, -0.15) is 0 Å². The summed E-state index contributed by atoms with van der Waals surface area (Å²) >= 11 is 0. The largest absolute Gasteiger partial charge is 0.395 e. The van der Waals surface area contributed by atoms with Crippen molar-refractivity contribution in [3.8, 4) is 0 Å². The lowest BCUT2D eigenvalue weighted by Crippen LogP contribution is -2.49. The maximum atomic E-state index is 8.81. The summed E-state index contributed by atoms with van der Waals surface area (Å²) in [5.74, 6) is 0. The SMILES string of the molecule is CCCCN1CC[C@H]1CO. The van der Waals surface area contributed by atoms with Gasteiger partial charge in [0.1, 0.15) is 0 Å². The zero-order valence-corrected chi connectivity index (χ0v) is 6.71. The highest BCUT2D eigenvalue weighted by Gasteiger charge is 2.25. The van der Waals surface area contributed by atoms with Gasteiger partial charge in [0.2, 0.25) is 0 Å². The van der Waals surface area contributed by atoms with Gasteiger partial charge in [0.05, 0.1) is 6.61 Å². The van der Waals surface area contributed by atoms with Crippen LogP contribution in [0, 0.1) is 0 Å². The van der Waals surface area contributed by atoms with Crippen LogP contribution in [0.4, 0.5) is 0 Å². The van der Waals surface area contributed by atoms with Crippen LogP contribution in [0.3, 0.4) is 0 Å². The standard InChI is InChI=1S/C8H17NO/c1-2-3-5-9-6-4-8(9)7-10/h8,10H,2-7H2,1H3/t8-/m0/s1. The molecule has 1 atom stereocenters. The Kier molecular flexibility index (Phi) is 3.16. The topological polar surface area (TPSA) is 23.5 Å². The Morgan fingerprint density at radius 1 is 1.60 bits per heavy atom. The van der Waals surface area contributed by atoms with Crippen LogP contribution in [-0.2, 0) is 0 Å². The van der Waals surface area contributed by atoms with Gasteiger partial charge in [-0.05, 0) is 19.4 Å². The number of nitrogens with zero attached hydrogens (tertiary/aromatic N) is 1. The van der Waals surface area contributed by atoms with E-state index in [0.717, 1.165) is 0 Å². The van der Waals surface area contributed by atoms with E-state index in [1.807, 2.05) is 0 Å². The van der Waals surface area contributed by atoms with Gasteiger partial charge in [-0.3, -0.25) is 4.90 Å². The summed E-state index contributed by atoms with van der Waals surface area (Å²) in [6, 6.07) is 0.492. The first kappa shape index (κ1) is 8.02. The molecule has 0 aliphatic carbocycles. The second-order valence-electron chi connectivity index (χ2n) is 3.01. The molecule has 1 N–H and O–H groups in total. The molecular weight excluding hydrogens is 126 g/mol. The number of hydrogen-bond donors (Lipinski definition) is 1. The third-order valence-corrected chi connectivity index (χ3v) is 2.28. The van der Waals surface area contributed by atoms with Crippen LogP contribution in [0.1, 0.15) is 26.2 Å². The van der Waals surface area contributed by atoms with Gasteiger partial charge in [-0.15, -0.1) is 0 Å². The molecule has 0 bridgehead atoms. The zero-order valence-electron chi connectivity index (χ0n) is 6.71. The summed E-state index contributed by atoms with van der Waals surface area (Å²) in [5, 5.41) is 8.81. The van der Waals surface area contributed by atoms with Crippen molar-refractivity contribution in [1.82, 2.24) is 4.90 Å². The maximum Gasteiger partial charge on any atom is 0.0587 e. The van der Waals surface area contributed by atoms with E-state index in [1.165, 1.54) is 32.4 Å². The van der Waals surface area contributed by atoms with Crippen LogP contribution in [0.25, 0.3) is 0 Å². The molecule has 1 rings (SSSR count). The van der Waals surface area contributed by atoms with Crippen molar-refractivity contribution < 1.29 is 5.11 Å². The van der Waals surface area contributed by atoms with Crippen LogP contribution in [0.2, 0.25) is 0 Å². The van der Waals surface area contributed by atoms with Gasteiger partial charge in [-0.25, -0.2) is 0 Å². The van der Waals surface area contributed by atoms with E-state index in [4.69, 9.17) is 5.11 Å². The van der Waals surface area contributed by atoms with Gasteiger partial charge in [0.15, 0.2) is 0 Å². The number of unbranched alkanes of at least 4 members (excludes halogenated alkanes) is 1. The quantitative estimate of drug-likeness (QED) is 0.630. The summed E-state index contributed by atoms with van der Waals surface area (Å²) in [5.41, 5.74) is 0. The maximum absolute atomic E-state index is 8.81. The zero-order chi connectivity index (χ0) is 7.40. The third-order valence-electron chi connectivity index (χ3n) is 2.28. The van der Waals surface area contributed by atoms with Crippen molar-refractivity contribution in [2.75, 3.05) is 19.7 Å². The molecule has 0 aromatic heterocycles. The number of hydrogen-bond acceptors (Lipinski definition) is 2. The molecular formula is C8H17NO. The minimum Gasteiger partial charge on any atom is -0.395 e. The molecule has 1 aliphatic heterocycles. The molecule has 0 spiro atoms. The first-order valence-electron chi connectivity index (χ1n) is 4.23. The minimum atomic E-state index is 0.351. The fourth-order valence-electron chi connectivity index (χ4n) is 1.36. The molecule has 0 unspecified atom stereocenters. The lowest BCUT2D eigenvalue weighted by Gasteiger charge is -2.39. The number of aliphatic hydroxyl groups is 1. The van der Waals surface area contributed by atoms with E-state index in [1.54, 1.807) is 0 Å². The minimum absolute atomic E-state index is 0.351. The average Bonchev–Trinajstić information content (AvgIpc) is 1.88. The second kappa shape index (κ2) is 3.94. The highest BCUT2D eigenvalue weighted by Crippen LogP contribution is 2.16. The normalized spacial score (nSPS) is 26.4. The smallest absolute Gasteiger partial charge is 0.0587 e. The third kappa shape index (κ3) is 1.70. The fourth-order valence-corrected chi connectivity index (χ4v) is 1.36. The highest BCUT2D eigenvalue weighted by molar-refractivity contribution is 4.81. The highest BCUT2D eigenvalue weighted by atomic mass is 16.3. The Morgan fingerprint density at radius 3 is 2.80 bits per heavy atom. The van der Waals surface area contributed by atoms with Crippen molar-refractivity contribution in [2.45, 2.75) is 32.2 Å². The van der Waals surface area contributed by atoms with Gasteiger partial charge in [0.25, 0.3) is 0 Å². The van der Waals surface area contributed by atoms with Crippen LogP contribution in [0.5, 0.6) is 0 Å². The van der Waals surface area contributed by atoms with Gasteiger partial charge in [-0.1, -0.05) is 13.3 Å². The van der Waals surface area contributed by atoms with Crippen LogP contribution in [0.15, 0.2) is 0 Å². The Morgan fingerprint density at radius 2 is 2.40 bits per heavy atom. The van der Waals surface area contributed by atoms with Crippen molar-refractivity contribution in [3.63, 3.8) is 0 Å². The van der Waals surface area contributed by atoms with Gasteiger partial charge < -0.3 is 5.11 Å². The molecule has 1 fully saturated rings. The molecule has 1 aliphatic rings. The number of aliphatic hydroxyl groups excluding tert-OH is 1. The van der Waals surface area contributed by atoms with Gasteiger partial charge in [0, 0.05) is 12.6 Å². The summed E-state index contributed by atoms with van der Waals surface area (Å²) in [6.45, 7) is 4.93.